The van der Waals surface area contributed by atoms with Crippen LogP contribution in [0.25, 0.3) is 10.9 Å². The van der Waals surface area contributed by atoms with Crippen molar-refractivity contribution < 1.29 is 4.79 Å². The van der Waals surface area contributed by atoms with Gasteiger partial charge in [-0.25, -0.2) is 0 Å². The molecule has 1 saturated carbocycles. The lowest BCUT2D eigenvalue weighted by atomic mass is 9.89. The highest BCUT2D eigenvalue weighted by atomic mass is 35.5. The number of para-hydroxylation sites is 1. The van der Waals surface area contributed by atoms with Gasteiger partial charge < -0.3 is 10.3 Å². The Morgan fingerprint density at radius 1 is 1.29 bits per heavy atom. The van der Waals surface area contributed by atoms with Gasteiger partial charge in [0.1, 0.15) is 0 Å². The first kappa shape index (κ1) is 19.4. The van der Waals surface area contributed by atoms with Crippen LogP contribution in [0.4, 0.5) is 5.13 Å². The number of aromatic nitrogens is 3. The van der Waals surface area contributed by atoms with E-state index in [2.05, 4.69) is 20.5 Å². The average Bonchev–Trinajstić information content (AvgIpc) is 3.15. The molecule has 0 spiro atoms. The van der Waals surface area contributed by atoms with Crippen molar-refractivity contribution in [2.75, 3.05) is 5.32 Å². The molecule has 0 bridgehead atoms. The Labute approximate surface area is 175 Å². The lowest BCUT2D eigenvalue weighted by Gasteiger charge is -2.19. The van der Waals surface area contributed by atoms with E-state index in [9.17, 15) is 9.59 Å². The first-order chi connectivity index (χ1) is 13.6. The number of nitrogens with zero attached hydrogens (tertiary/aromatic N) is 2. The number of nitrogens with one attached hydrogen (secondary N) is 2. The number of aromatic amines is 1. The van der Waals surface area contributed by atoms with Gasteiger partial charge in [0, 0.05) is 28.8 Å². The van der Waals surface area contributed by atoms with Crippen molar-refractivity contribution >= 4 is 56.6 Å². The molecule has 1 fully saturated rings. The second-order valence-electron chi connectivity index (χ2n) is 6.81. The molecule has 0 atom stereocenters. The van der Waals surface area contributed by atoms with Crippen LogP contribution in [-0.2, 0) is 10.5 Å². The van der Waals surface area contributed by atoms with E-state index in [1.54, 1.807) is 24.3 Å². The van der Waals surface area contributed by atoms with E-state index in [4.69, 9.17) is 11.6 Å². The van der Waals surface area contributed by atoms with Crippen LogP contribution in [0.15, 0.2) is 33.4 Å². The zero-order valence-corrected chi connectivity index (χ0v) is 17.4. The van der Waals surface area contributed by atoms with E-state index in [0.29, 0.717) is 26.8 Å². The molecule has 2 aromatic heterocycles. The Morgan fingerprint density at radius 2 is 2.11 bits per heavy atom. The van der Waals surface area contributed by atoms with Gasteiger partial charge in [0.15, 0.2) is 9.77 Å². The number of H-pyrrole nitrogens is 1. The van der Waals surface area contributed by atoms with E-state index in [0.717, 1.165) is 35.7 Å². The Bertz CT molecular complexity index is 1060. The van der Waals surface area contributed by atoms with Gasteiger partial charge in [0.05, 0.1) is 10.5 Å². The van der Waals surface area contributed by atoms with E-state index >= 15 is 0 Å². The molecule has 1 amide bonds. The molecule has 2 N–H and O–H groups in total. The highest BCUT2D eigenvalue weighted by Gasteiger charge is 2.22. The quantitative estimate of drug-likeness (QED) is 0.443. The van der Waals surface area contributed by atoms with Crippen LogP contribution < -0.4 is 10.7 Å². The Balaban J connectivity index is 1.41. The first-order valence-corrected chi connectivity index (χ1v) is 11.4. The Kier molecular flexibility index (Phi) is 5.99. The number of pyridine rings is 1. The molecule has 0 unspecified atom stereocenters. The second kappa shape index (κ2) is 8.63. The monoisotopic (exact) mass is 434 g/mol. The van der Waals surface area contributed by atoms with Crippen molar-refractivity contribution in [2.45, 2.75) is 42.2 Å². The average molecular weight is 435 g/mol. The smallest absolute Gasteiger partial charge is 0.229 e. The number of hydrogen-bond acceptors (Lipinski definition) is 6. The number of benzene rings is 1. The highest BCUT2D eigenvalue weighted by Crippen LogP contribution is 2.30. The van der Waals surface area contributed by atoms with E-state index < -0.39 is 0 Å². The number of fused-ring (bicyclic) bond motifs is 1. The van der Waals surface area contributed by atoms with Crippen molar-refractivity contribution in [2.24, 2.45) is 5.92 Å². The lowest BCUT2D eigenvalue weighted by molar-refractivity contribution is -0.120. The molecule has 0 aliphatic heterocycles. The number of carbonyl (C=O) groups is 1. The van der Waals surface area contributed by atoms with Crippen LogP contribution in [0.5, 0.6) is 0 Å². The molecule has 0 radical (unpaired) electrons. The van der Waals surface area contributed by atoms with Crippen LogP contribution in [-0.4, -0.2) is 21.1 Å². The third kappa shape index (κ3) is 4.39. The fourth-order valence-electron chi connectivity index (χ4n) is 3.40. The second-order valence-corrected chi connectivity index (χ2v) is 9.41. The third-order valence-corrected chi connectivity index (χ3v) is 7.17. The number of hydrogen-bond donors (Lipinski definition) is 2. The fourth-order valence-corrected chi connectivity index (χ4v) is 5.28. The van der Waals surface area contributed by atoms with E-state index in [1.165, 1.54) is 29.5 Å². The van der Waals surface area contributed by atoms with Gasteiger partial charge in [-0.2, -0.15) is 0 Å². The largest absolute Gasteiger partial charge is 0.356 e. The zero-order valence-electron chi connectivity index (χ0n) is 15.0. The van der Waals surface area contributed by atoms with Gasteiger partial charge in [-0.3, -0.25) is 9.59 Å². The van der Waals surface area contributed by atoms with Gasteiger partial charge in [0.25, 0.3) is 0 Å². The van der Waals surface area contributed by atoms with Crippen LogP contribution >= 0.6 is 34.7 Å². The minimum absolute atomic E-state index is 0.0425. The van der Waals surface area contributed by atoms with Gasteiger partial charge in [-0.1, -0.05) is 60.0 Å². The van der Waals surface area contributed by atoms with Crippen molar-refractivity contribution in [1.29, 1.82) is 0 Å². The fraction of sp³-hybridized carbons (Fsp3) is 0.368. The Hall–Kier alpha value is -1.90. The standard InChI is InChI=1S/C19H19ClN4O2S2/c20-14-8-4-7-13-15(25)9-12(21-16(13)14)10-27-19-24-23-18(28-19)22-17(26)11-5-2-1-3-6-11/h4,7-9,11H,1-3,5-6,10H2,(H,21,25)(H,22,23,26). The molecule has 6 nitrogen and oxygen atoms in total. The summed E-state index contributed by atoms with van der Waals surface area (Å²) in [5, 5.41) is 12.7. The first-order valence-electron chi connectivity index (χ1n) is 9.18. The van der Waals surface area contributed by atoms with Gasteiger partial charge in [0.2, 0.25) is 11.0 Å². The molecule has 9 heteroatoms. The molecule has 1 aliphatic carbocycles. The topological polar surface area (TPSA) is 87.7 Å². The molecular weight excluding hydrogens is 416 g/mol. The summed E-state index contributed by atoms with van der Waals surface area (Å²) in [6.45, 7) is 0. The maximum Gasteiger partial charge on any atom is 0.229 e. The predicted molar refractivity (Wildman–Crippen MR) is 114 cm³/mol. The lowest BCUT2D eigenvalue weighted by Crippen LogP contribution is -2.24. The summed E-state index contributed by atoms with van der Waals surface area (Å²) in [6.07, 6.45) is 5.34. The van der Waals surface area contributed by atoms with E-state index in [1.807, 2.05) is 0 Å². The molecule has 28 heavy (non-hydrogen) atoms. The number of anilines is 1. The molecule has 146 valence electrons. The number of carbonyl (C=O) groups excluding carboxylic acids is 1. The number of thioether (sulfide) groups is 1. The minimum Gasteiger partial charge on any atom is -0.356 e. The van der Waals surface area contributed by atoms with Crippen molar-refractivity contribution in [3.63, 3.8) is 0 Å². The summed E-state index contributed by atoms with van der Waals surface area (Å²) in [5.41, 5.74) is 1.34. The van der Waals surface area contributed by atoms with Crippen molar-refractivity contribution in [1.82, 2.24) is 15.2 Å². The van der Waals surface area contributed by atoms with Crippen molar-refractivity contribution in [3.8, 4) is 0 Å². The van der Waals surface area contributed by atoms with Crippen molar-refractivity contribution in [3.05, 3.63) is 45.2 Å². The molecule has 2 heterocycles. The summed E-state index contributed by atoms with van der Waals surface area (Å²) >= 11 is 9.00. The molecule has 3 aromatic rings. The third-order valence-electron chi connectivity index (χ3n) is 4.83. The zero-order chi connectivity index (χ0) is 19.5. The molecule has 1 aliphatic rings. The molecule has 0 saturated heterocycles. The molecular formula is C19H19ClN4O2S2. The summed E-state index contributed by atoms with van der Waals surface area (Å²) < 4.78 is 0.735. The number of rotatable bonds is 5. The number of halogens is 1. The maximum absolute atomic E-state index is 12.3. The van der Waals surface area contributed by atoms with Gasteiger partial charge in [-0.05, 0) is 25.0 Å². The number of amides is 1. The minimum atomic E-state index is -0.0652. The predicted octanol–water partition coefficient (Wildman–Crippen LogP) is 4.84. The van der Waals surface area contributed by atoms with Gasteiger partial charge >= 0.3 is 0 Å². The SMILES string of the molecule is O=C(Nc1nnc(SCc2cc(=O)c3cccc(Cl)c3[nH]2)s1)C1CCCCC1. The van der Waals surface area contributed by atoms with E-state index in [-0.39, 0.29) is 17.3 Å². The van der Waals surface area contributed by atoms with Crippen LogP contribution in [0.2, 0.25) is 5.02 Å². The Morgan fingerprint density at radius 3 is 2.93 bits per heavy atom. The summed E-state index contributed by atoms with van der Waals surface area (Å²) in [5.74, 6) is 0.656. The molecule has 4 rings (SSSR count). The van der Waals surface area contributed by atoms with Gasteiger partial charge in [-0.15, -0.1) is 10.2 Å². The van der Waals surface area contributed by atoms with Crippen LogP contribution in [0, 0.1) is 5.92 Å². The summed E-state index contributed by atoms with van der Waals surface area (Å²) in [4.78, 5) is 27.8. The van der Waals surface area contributed by atoms with Crippen LogP contribution in [0.3, 0.4) is 0 Å². The normalized spacial score (nSPS) is 15.0. The molecule has 1 aromatic carbocycles. The van der Waals surface area contributed by atoms with Crippen LogP contribution in [0.1, 0.15) is 37.8 Å². The highest BCUT2D eigenvalue weighted by molar-refractivity contribution is 8.00. The maximum atomic E-state index is 12.3. The summed E-state index contributed by atoms with van der Waals surface area (Å²) in [7, 11) is 0. The summed E-state index contributed by atoms with van der Waals surface area (Å²) in [6, 6.07) is 6.85.